The summed E-state index contributed by atoms with van der Waals surface area (Å²) >= 11 is 0. The first-order valence-electron chi connectivity index (χ1n) is 21.5. The van der Waals surface area contributed by atoms with Gasteiger partial charge in [-0.15, -0.1) is 0 Å². The van der Waals surface area contributed by atoms with Gasteiger partial charge in [-0.05, 0) is 51.4 Å². The van der Waals surface area contributed by atoms with Gasteiger partial charge in [0.2, 0.25) is 0 Å². The summed E-state index contributed by atoms with van der Waals surface area (Å²) in [5.74, 6) is -0.690. The standard InChI is InChI=1S/C46H78O6/c1-3-5-7-8-9-10-11-12-13-14-15-16-17-22-25-28-31-35-39-46(49)51-42(40-47)41-50-45(48)38-34-30-27-24-21-19-18-20-23-26-29-33-37-44-43(52-44)36-32-6-4-2/h6,19-21,23,27,29-30,32-33,42-44,47H,3-5,7-18,22,24-26,28,31,34-41H2,1-2H3/b21-19-,23-20-,30-27-,32-6-,33-29-/t42-,43?,44?/m0/s1. The van der Waals surface area contributed by atoms with Gasteiger partial charge in [-0.2, -0.15) is 0 Å². The van der Waals surface area contributed by atoms with Crippen LogP contribution in [0.4, 0.5) is 0 Å². The molecule has 6 nitrogen and oxygen atoms in total. The molecule has 6 heteroatoms. The molecule has 0 radical (unpaired) electrons. The van der Waals surface area contributed by atoms with Crippen molar-refractivity contribution < 1.29 is 28.9 Å². The van der Waals surface area contributed by atoms with Crippen LogP contribution in [0.25, 0.3) is 0 Å². The van der Waals surface area contributed by atoms with Crippen molar-refractivity contribution >= 4 is 11.9 Å². The number of rotatable bonds is 37. The van der Waals surface area contributed by atoms with Gasteiger partial charge in [-0.3, -0.25) is 9.59 Å². The molecule has 0 saturated carbocycles. The molecule has 0 aliphatic carbocycles. The average molecular weight is 727 g/mol. The average Bonchev–Trinajstić information content (AvgIpc) is 3.90. The number of aliphatic hydroxyl groups excluding tert-OH is 1. The van der Waals surface area contributed by atoms with E-state index in [2.05, 4.69) is 62.5 Å². The molecule has 0 aromatic heterocycles. The Hall–Kier alpha value is -2.44. The van der Waals surface area contributed by atoms with Crippen molar-refractivity contribution in [3.8, 4) is 0 Å². The molecule has 1 heterocycles. The van der Waals surface area contributed by atoms with Crippen LogP contribution in [-0.2, 0) is 23.8 Å². The SMILES string of the molecule is CC/C=C\CC1OC1C/C=C\C/C=C\C/C=C\C/C=C\CCC(=O)OC[C@H](CO)OC(=O)CCCCCCCCCCCCCCCCCCCC. The Kier molecular flexibility index (Phi) is 33.8. The summed E-state index contributed by atoms with van der Waals surface area (Å²) in [6, 6.07) is 0. The summed E-state index contributed by atoms with van der Waals surface area (Å²) in [7, 11) is 0. The lowest BCUT2D eigenvalue weighted by atomic mass is 10.0. The molecule has 0 spiro atoms. The first-order valence-corrected chi connectivity index (χ1v) is 21.5. The van der Waals surface area contributed by atoms with Crippen molar-refractivity contribution in [2.75, 3.05) is 13.2 Å². The Balaban J connectivity index is 1.91. The van der Waals surface area contributed by atoms with E-state index >= 15 is 0 Å². The van der Waals surface area contributed by atoms with Crippen molar-refractivity contribution in [3.63, 3.8) is 0 Å². The Labute approximate surface area is 319 Å². The maximum absolute atomic E-state index is 12.2. The van der Waals surface area contributed by atoms with Crippen LogP contribution in [0.15, 0.2) is 60.8 Å². The first-order chi connectivity index (χ1) is 25.6. The van der Waals surface area contributed by atoms with Crippen LogP contribution < -0.4 is 0 Å². The van der Waals surface area contributed by atoms with Gasteiger partial charge in [0, 0.05) is 12.8 Å². The van der Waals surface area contributed by atoms with Crippen LogP contribution in [0.1, 0.15) is 187 Å². The van der Waals surface area contributed by atoms with E-state index in [0.717, 1.165) is 57.8 Å². The van der Waals surface area contributed by atoms with Gasteiger partial charge in [-0.25, -0.2) is 0 Å². The minimum atomic E-state index is -0.805. The Morgan fingerprint density at radius 1 is 0.558 bits per heavy atom. The minimum absolute atomic E-state index is 0.109. The molecule has 1 aliphatic rings. The molecule has 0 aromatic carbocycles. The van der Waals surface area contributed by atoms with E-state index in [4.69, 9.17) is 14.2 Å². The zero-order valence-corrected chi connectivity index (χ0v) is 33.5. The van der Waals surface area contributed by atoms with Gasteiger partial charge < -0.3 is 19.3 Å². The van der Waals surface area contributed by atoms with E-state index in [1.165, 1.54) is 96.3 Å². The topological polar surface area (TPSA) is 85.4 Å². The number of esters is 2. The third-order valence-corrected chi connectivity index (χ3v) is 9.49. The minimum Gasteiger partial charge on any atom is -0.462 e. The zero-order chi connectivity index (χ0) is 37.6. The van der Waals surface area contributed by atoms with Crippen LogP contribution in [-0.4, -0.2) is 48.6 Å². The van der Waals surface area contributed by atoms with E-state index < -0.39 is 6.10 Å². The van der Waals surface area contributed by atoms with Gasteiger partial charge >= 0.3 is 11.9 Å². The molecule has 3 atom stereocenters. The molecule has 2 unspecified atom stereocenters. The molecule has 0 bridgehead atoms. The fourth-order valence-corrected chi connectivity index (χ4v) is 6.15. The smallest absolute Gasteiger partial charge is 0.306 e. The second-order valence-electron chi connectivity index (χ2n) is 14.4. The fraction of sp³-hybridized carbons (Fsp3) is 0.739. The number of hydrogen-bond acceptors (Lipinski definition) is 6. The third-order valence-electron chi connectivity index (χ3n) is 9.49. The lowest BCUT2D eigenvalue weighted by Gasteiger charge is -2.15. The molecular weight excluding hydrogens is 648 g/mol. The van der Waals surface area contributed by atoms with E-state index in [1.807, 2.05) is 12.2 Å². The second kappa shape index (κ2) is 36.9. The molecule has 52 heavy (non-hydrogen) atoms. The monoisotopic (exact) mass is 727 g/mol. The van der Waals surface area contributed by atoms with Crippen LogP contribution in [0.3, 0.4) is 0 Å². The Morgan fingerprint density at radius 3 is 1.48 bits per heavy atom. The van der Waals surface area contributed by atoms with Gasteiger partial charge in [0.15, 0.2) is 6.10 Å². The highest BCUT2D eigenvalue weighted by Crippen LogP contribution is 2.29. The van der Waals surface area contributed by atoms with E-state index in [9.17, 15) is 14.7 Å². The first kappa shape index (κ1) is 47.6. The number of epoxide rings is 1. The maximum atomic E-state index is 12.2. The number of ether oxygens (including phenoxy) is 3. The number of carbonyl (C=O) groups is 2. The van der Waals surface area contributed by atoms with E-state index in [0.29, 0.717) is 25.0 Å². The highest BCUT2D eigenvalue weighted by molar-refractivity contribution is 5.70. The normalized spacial score (nSPS) is 16.7. The summed E-state index contributed by atoms with van der Waals surface area (Å²) < 4.78 is 16.2. The molecule has 1 aliphatic heterocycles. The third kappa shape index (κ3) is 32.2. The number of carbonyl (C=O) groups excluding carboxylic acids is 2. The summed E-state index contributed by atoms with van der Waals surface area (Å²) in [6.45, 7) is 3.96. The number of hydrogen-bond donors (Lipinski definition) is 1. The zero-order valence-electron chi connectivity index (χ0n) is 33.5. The summed E-state index contributed by atoms with van der Waals surface area (Å²) in [5.41, 5.74) is 0. The van der Waals surface area contributed by atoms with Crippen LogP contribution in [0, 0.1) is 0 Å². The molecule has 1 N–H and O–H groups in total. The summed E-state index contributed by atoms with van der Waals surface area (Å²) in [4.78, 5) is 24.3. The molecule has 1 rings (SSSR count). The molecular formula is C46H78O6. The van der Waals surface area contributed by atoms with Crippen molar-refractivity contribution in [1.29, 1.82) is 0 Å². The van der Waals surface area contributed by atoms with Crippen molar-refractivity contribution in [1.82, 2.24) is 0 Å². The maximum Gasteiger partial charge on any atom is 0.306 e. The molecule has 0 amide bonds. The highest BCUT2D eigenvalue weighted by Gasteiger charge is 2.35. The summed E-state index contributed by atoms with van der Waals surface area (Å²) in [6.07, 6.45) is 52.0. The molecule has 298 valence electrons. The predicted molar refractivity (Wildman–Crippen MR) is 218 cm³/mol. The van der Waals surface area contributed by atoms with Crippen molar-refractivity contribution in [2.45, 2.75) is 206 Å². The number of unbranched alkanes of at least 4 members (excludes halogenated alkanes) is 17. The highest BCUT2D eigenvalue weighted by atomic mass is 16.6. The molecule has 1 fully saturated rings. The fourth-order valence-electron chi connectivity index (χ4n) is 6.15. The lowest BCUT2D eigenvalue weighted by molar-refractivity contribution is -0.161. The number of aliphatic hydroxyl groups is 1. The van der Waals surface area contributed by atoms with E-state index in [1.54, 1.807) is 0 Å². The Bertz CT molecular complexity index is 979. The number of allylic oxidation sites excluding steroid dienone is 8. The Morgan fingerprint density at radius 2 is 1.00 bits per heavy atom. The van der Waals surface area contributed by atoms with Crippen LogP contribution >= 0.6 is 0 Å². The molecule has 1 saturated heterocycles. The van der Waals surface area contributed by atoms with Crippen LogP contribution in [0.2, 0.25) is 0 Å². The van der Waals surface area contributed by atoms with Gasteiger partial charge in [0.25, 0.3) is 0 Å². The molecule has 0 aromatic rings. The van der Waals surface area contributed by atoms with Crippen molar-refractivity contribution in [3.05, 3.63) is 60.8 Å². The van der Waals surface area contributed by atoms with Crippen molar-refractivity contribution in [2.24, 2.45) is 0 Å². The van der Waals surface area contributed by atoms with Gasteiger partial charge in [0.05, 0.1) is 18.8 Å². The van der Waals surface area contributed by atoms with Gasteiger partial charge in [-0.1, -0.05) is 184 Å². The van der Waals surface area contributed by atoms with E-state index in [-0.39, 0.29) is 31.6 Å². The lowest BCUT2D eigenvalue weighted by Crippen LogP contribution is -2.28. The largest absolute Gasteiger partial charge is 0.462 e. The predicted octanol–water partition coefficient (Wildman–Crippen LogP) is 12.6. The summed E-state index contributed by atoms with van der Waals surface area (Å²) in [5, 5.41) is 9.57. The van der Waals surface area contributed by atoms with Gasteiger partial charge in [0.1, 0.15) is 6.61 Å². The second-order valence-corrected chi connectivity index (χ2v) is 14.4. The quantitative estimate of drug-likeness (QED) is 0.0297. The van der Waals surface area contributed by atoms with Crippen LogP contribution in [0.5, 0.6) is 0 Å².